The van der Waals surface area contributed by atoms with Gasteiger partial charge in [0.15, 0.2) is 0 Å². The first-order valence-corrected chi connectivity index (χ1v) is 8.66. The fourth-order valence-electron chi connectivity index (χ4n) is 2.38. The van der Waals surface area contributed by atoms with Crippen molar-refractivity contribution in [3.8, 4) is 0 Å². The molecule has 0 aliphatic heterocycles. The van der Waals surface area contributed by atoms with E-state index in [1.807, 2.05) is 41.5 Å². The molecule has 0 rings (SSSR count). The van der Waals surface area contributed by atoms with Gasteiger partial charge in [-0.05, 0) is 24.2 Å². The summed E-state index contributed by atoms with van der Waals surface area (Å²) < 4.78 is 0. The Morgan fingerprint density at radius 3 is 1.79 bits per heavy atom. The highest BCUT2D eigenvalue weighted by Crippen LogP contribution is 2.10. The first-order valence-electron chi connectivity index (χ1n) is 8.66. The lowest BCUT2D eigenvalue weighted by Gasteiger charge is -2.27. The molecule has 0 radical (unpaired) electrons. The molecule has 0 aliphatic rings. The predicted octanol–water partition coefficient (Wildman–Crippen LogP) is 0.517. The SMILES string of the molecule is CCC(C)C(NC(=O)C(NC(=O)C(N)CC(C)C)C(C)C)C(N)=O. The van der Waals surface area contributed by atoms with Crippen LogP contribution in [0.2, 0.25) is 0 Å². The minimum Gasteiger partial charge on any atom is -0.368 e. The van der Waals surface area contributed by atoms with Crippen molar-refractivity contribution in [1.29, 1.82) is 0 Å². The summed E-state index contributed by atoms with van der Waals surface area (Å²) in [6, 6.07) is -2.19. The molecule has 0 aliphatic carbocycles. The van der Waals surface area contributed by atoms with Crippen LogP contribution in [0.3, 0.4) is 0 Å². The van der Waals surface area contributed by atoms with E-state index in [0.717, 1.165) is 0 Å². The summed E-state index contributed by atoms with van der Waals surface area (Å²) in [4.78, 5) is 36.3. The summed E-state index contributed by atoms with van der Waals surface area (Å²) in [6.07, 6.45) is 1.24. The largest absolute Gasteiger partial charge is 0.368 e. The number of carbonyl (C=O) groups is 3. The Morgan fingerprint density at radius 2 is 1.42 bits per heavy atom. The van der Waals surface area contributed by atoms with E-state index in [0.29, 0.717) is 12.8 Å². The zero-order valence-corrected chi connectivity index (χ0v) is 15.8. The second kappa shape index (κ2) is 10.3. The number of nitrogens with two attached hydrogens (primary N) is 2. The van der Waals surface area contributed by atoms with Gasteiger partial charge < -0.3 is 22.1 Å². The average molecular weight is 342 g/mol. The van der Waals surface area contributed by atoms with Crippen molar-refractivity contribution in [3.63, 3.8) is 0 Å². The maximum Gasteiger partial charge on any atom is 0.243 e. The topological polar surface area (TPSA) is 127 Å². The fraction of sp³-hybridized carbons (Fsp3) is 0.824. The van der Waals surface area contributed by atoms with E-state index >= 15 is 0 Å². The Balaban J connectivity index is 5.01. The maximum atomic E-state index is 12.5. The van der Waals surface area contributed by atoms with Crippen LogP contribution in [0.5, 0.6) is 0 Å². The van der Waals surface area contributed by atoms with Crippen LogP contribution in [0.1, 0.15) is 54.4 Å². The molecule has 0 aromatic heterocycles. The standard InChI is InChI=1S/C17H34N4O3/c1-7-11(6)14(15(19)22)21-17(24)13(10(4)5)20-16(23)12(18)8-9(2)3/h9-14H,7-8,18H2,1-6H3,(H2,19,22)(H,20,23)(H,21,24). The van der Waals surface area contributed by atoms with Crippen LogP contribution in [-0.4, -0.2) is 35.8 Å². The number of carbonyl (C=O) groups excluding carboxylic acids is 3. The van der Waals surface area contributed by atoms with Crippen molar-refractivity contribution in [1.82, 2.24) is 10.6 Å². The van der Waals surface area contributed by atoms with Crippen molar-refractivity contribution in [2.24, 2.45) is 29.2 Å². The van der Waals surface area contributed by atoms with E-state index in [9.17, 15) is 14.4 Å². The molecule has 0 fully saturated rings. The van der Waals surface area contributed by atoms with Gasteiger partial charge in [0.1, 0.15) is 12.1 Å². The summed E-state index contributed by atoms with van der Waals surface area (Å²) in [6.45, 7) is 11.4. The summed E-state index contributed by atoms with van der Waals surface area (Å²) in [5.74, 6) is -1.32. The van der Waals surface area contributed by atoms with Crippen LogP contribution in [0.25, 0.3) is 0 Å². The molecular weight excluding hydrogens is 308 g/mol. The van der Waals surface area contributed by atoms with E-state index in [-0.39, 0.29) is 23.7 Å². The predicted molar refractivity (Wildman–Crippen MR) is 94.8 cm³/mol. The van der Waals surface area contributed by atoms with Gasteiger partial charge >= 0.3 is 0 Å². The zero-order chi connectivity index (χ0) is 19.0. The van der Waals surface area contributed by atoms with Gasteiger partial charge in [-0.15, -0.1) is 0 Å². The number of rotatable bonds is 10. The van der Waals surface area contributed by atoms with Crippen molar-refractivity contribution >= 4 is 17.7 Å². The number of amides is 3. The lowest BCUT2D eigenvalue weighted by atomic mass is 9.96. The molecule has 0 spiro atoms. The van der Waals surface area contributed by atoms with Crippen LogP contribution >= 0.6 is 0 Å². The molecular formula is C17H34N4O3. The van der Waals surface area contributed by atoms with Gasteiger partial charge in [0.05, 0.1) is 6.04 Å². The van der Waals surface area contributed by atoms with Gasteiger partial charge in [-0.3, -0.25) is 14.4 Å². The first kappa shape index (κ1) is 22.4. The molecule has 4 unspecified atom stereocenters. The average Bonchev–Trinajstić information content (AvgIpc) is 2.47. The molecule has 24 heavy (non-hydrogen) atoms. The second-order valence-electron chi connectivity index (χ2n) is 7.24. The maximum absolute atomic E-state index is 12.5. The second-order valence-corrected chi connectivity index (χ2v) is 7.24. The van der Waals surface area contributed by atoms with Crippen molar-refractivity contribution < 1.29 is 14.4 Å². The van der Waals surface area contributed by atoms with Crippen LogP contribution in [-0.2, 0) is 14.4 Å². The number of hydrogen-bond donors (Lipinski definition) is 4. The molecule has 4 atom stereocenters. The summed E-state index contributed by atoms with van der Waals surface area (Å²) in [5.41, 5.74) is 11.2. The van der Waals surface area contributed by atoms with Gasteiger partial charge in [-0.25, -0.2) is 0 Å². The van der Waals surface area contributed by atoms with E-state index in [1.54, 1.807) is 0 Å². The van der Waals surface area contributed by atoms with Gasteiger partial charge in [0, 0.05) is 0 Å². The highest BCUT2D eigenvalue weighted by Gasteiger charge is 2.31. The van der Waals surface area contributed by atoms with Gasteiger partial charge in [0.25, 0.3) is 0 Å². The molecule has 0 aromatic rings. The highest BCUT2D eigenvalue weighted by molar-refractivity contribution is 5.92. The first-order chi connectivity index (χ1) is 11.0. The molecule has 7 nitrogen and oxygen atoms in total. The molecule has 0 heterocycles. The van der Waals surface area contributed by atoms with E-state index in [1.165, 1.54) is 0 Å². The summed E-state index contributed by atoms with van der Waals surface area (Å²) >= 11 is 0. The zero-order valence-electron chi connectivity index (χ0n) is 15.8. The molecule has 0 bridgehead atoms. The number of hydrogen-bond acceptors (Lipinski definition) is 4. The molecule has 6 N–H and O–H groups in total. The Labute approximate surface area is 145 Å². The van der Waals surface area contributed by atoms with Crippen molar-refractivity contribution in [2.45, 2.75) is 72.5 Å². The Kier molecular flexibility index (Phi) is 9.58. The lowest BCUT2D eigenvalue weighted by molar-refractivity contribution is -0.133. The highest BCUT2D eigenvalue weighted by atomic mass is 16.2. The Hall–Kier alpha value is -1.63. The minimum atomic E-state index is -0.762. The monoisotopic (exact) mass is 342 g/mol. The third kappa shape index (κ3) is 7.29. The Morgan fingerprint density at radius 1 is 0.917 bits per heavy atom. The smallest absolute Gasteiger partial charge is 0.243 e. The minimum absolute atomic E-state index is 0.0850. The molecule has 0 aromatic carbocycles. The van der Waals surface area contributed by atoms with Crippen LogP contribution < -0.4 is 22.1 Å². The van der Waals surface area contributed by atoms with Crippen LogP contribution in [0.15, 0.2) is 0 Å². The Bertz CT molecular complexity index is 438. The van der Waals surface area contributed by atoms with Crippen molar-refractivity contribution in [3.05, 3.63) is 0 Å². The third-order valence-corrected chi connectivity index (χ3v) is 4.13. The molecule has 140 valence electrons. The van der Waals surface area contributed by atoms with E-state index in [2.05, 4.69) is 10.6 Å². The third-order valence-electron chi connectivity index (χ3n) is 4.13. The quantitative estimate of drug-likeness (QED) is 0.461. The number of primary amides is 1. The molecule has 0 saturated carbocycles. The van der Waals surface area contributed by atoms with Crippen LogP contribution in [0, 0.1) is 17.8 Å². The summed E-state index contributed by atoms with van der Waals surface area (Å²) in [5, 5.41) is 5.36. The fourth-order valence-corrected chi connectivity index (χ4v) is 2.38. The van der Waals surface area contributed by atoms with Gasteiger partial charge in [-0.2, -0.15) is 0 Å². The normalized spacial score (nSPS) is 16.4. The van der Waals surface area contributed by atoms with Gasteiger partial charge in [-0.1, -0.05) is 48.0 Å². The summed E-state index contributed by atoms with van der Waals surface area (Å²) in [7, 11) is 0. The van der Waals surface area contributed by atoms with Crippen LogP contribution in [0.4, 0.5) is 0 Å². The molecule has 0 saturated heterocycles. The van der Waals surface area contributed by atoms with Gasteiger partial charge in [0.2, 0.25) is 17.7 Å². The van der Waals surface area contributed by atoms with E-state index < -0.39 is 29.9 Å². The molecule has 3 amide bonds. The van der Waals surface area contributed by atoms with Crippen molar-refractivity contribution in [2.75, 3.05) is 0 Å². The lowest BCUT2D eigenvalue weighted by Crippen LogP contribution is -2.58. The van der Waals surface area contributed by atoms with E-state index in [4.69, 9.17) is 11.5 Å². The number of nitrogens with one attached hydrogen (secondary N) is 2. The molecule has 7 heteroatoms.